The topological polar surface area (TPSA) is 35.0 Å². The van der Waals surface area contributed by atoms with Crippen LogP contribution in [0.15, 0.2) is 24.4 Å². The lowest BCUT2D eigenvalue weighted by Gasteiger charge is -2.17. The molecule has 0 unspecified atom stereocenters. The summed E-state index contributed by atoms with van der Waals surface area (Å²) >= 11 is 5.78. The van der Waals surface area contributed by atoms with E-state index >= 15 is 0 Å². The highest BCUT2D eigenvalue weighted by atomic mass is 35.5. The number of rotatable bonds is 2. The first-order chi connectivity index (χ1) is 8.38. The number of alkyl halides is 3. The lowest BCUT2D eigenvalue weighted by atomic mass is 10.2. The van der Waals surface area contributed by atoms with Crippen molar-refractivity contribution in [1.29, 1.82) is 0 Å². The van der Waals surface area contributed by atoms with Crippen molar-refractivity contribution in [2.24, 2.45) is 0 Å². The normalized spacial score (nSPS) is 13.6. The molecule has 0 N–H and O–H groups in total. The molecule has 0 saturated carbocycles. The van der Waals surface area contributed by atoms with Crippen molar-refractivity contribution in [3.8, 4) is 5.88 Å². The number of ether oxygens (including phenoxy) is 1. The van der Waals surface area contributed by atoms with Gasteiger partial charge in [0.15, 0.2) is 6.10 Å². The fourth-order valence-electron chi connectivity index (χ4n) is 1.35. The summed E-state index contributed by atoms with van der Waals surface area (Å²) in [5, 5.41) is 8.63. The second kappa shape index (κ2) is 4.61. The molecule has 96 valence electrons. The summed E-state index contributed by atoms with van der Waals surface area (Å²) in [6.45, 7) is 0.913. The largest absolute Gasteiger partial charge is 0.463 e. The summed E-state index contributed by atoms with van der Waals surface area (Å²) < 4.78 is 42.0. The highest BCUT2D eigenvalue weighted by Crippen LogP contribution is 2.29. The van der Waals surface area contributed by atoms with Crippen LogP contribution in [0.4, 0.5) is 13.2 Å². The highest BCUT2D eigenvalue weighted by Gasteiger charge is 2.38. The molecule has 7 heteroatoms. The molecule has 1 atom stereocenters. The van der Waals surface area contributed by atoms with Crippen LogP contribution in [-0.4, -0.2) is 22.5 Å². The molecular formula is C11H8ClF3N2O. The molecule has 0 spiro atoms. The van der Waals surface area contributed by atoms with Crippen molar-refractivity contribution >= 4 is 22.4 Å². The summed E-state index contributed by atoms with van der Waals surface area (Å²) in [4.78, 5) is 0. The first kappa shape index (κ1) is 12.9. The summed E-state index contributed by atoms with van der Waals surface area (Å²) in [5.41, 5.74) is 0. The Kier molecular flexibility index (Phi) is 3.30. The molecular weight excluding hydrogens is 269 g/mol. The number of benzene rings is 1. The lowest BCUT2D eigenvalue weighted by molar-refractivity contribution is -0.189. The summed E-state index contributed by atoms with van der Waals surface area (Å²) in [6, 6.07) is 4.68. The minimum Gasteiger partial charge on any atom is -0.463 e. The number of halogens is 4. The molecule has 0 aliphatic heterocycles. The second-order valence-electron chi connectivity index (χ2n) is 3.68. The molecule has 18 heavy (non-hydrogen) atoms. The summed E-state index contributed by atoms with van der Waals surface area (Å²) in [6.07, 6.45) is -4.99. The van der Waals surface area contributed by atoms with Crippen molar-refractivity contribution in [1.82, 2.24) is 10.2 Å². The third kappa shape index (κ3) is 2.64. The van der Waals surface area contributed by atoms with Crippen LogP contribution in [0.2, 0.25) is 5.02 Å². The number of fused-ring (bicyclic) bond motifs is 1. The van der Waals surface area contributed by atoms with E-state index in [1.807, 2.05) is 0 Å². The van der Waals surface area contributed by atoms with E-state index in [0.717, 1.165) is 6.92 Å². The molecule has 2 aromatic rings. The highest BCUT2D eigenvalue weighted by molar-refractivity contribution is 6.31. The Morgan fingerprint density at radius 2 is 2.06 bits per heavy atom. The standard InChI is InChI=1S/C11H8ClF3N2O/c1-6(11(13,14)15)18-10-9-3-2-8(12)4-7(9)5-16-17-10/h2-6H,1H3/t6-/m0/s1. The first-order valence-corrected chi connectivity index (χ1v) is 5.40. The molecule has 0 aliphatic rings. The van der Waals surface area contributed by atoms with E-state index in [1.54, 1.807) is 18.2 Å². The molecule has 1 aromatic carbocycles. The second-order valence-corrected chi connectivity index (χ2v) is 4.12. The Balaban J connectivity index is 2.40. The average Bonchev–Trinajstić information content (AvgIpc) is 2.27. The number of hydrogen-bond acceptors (Lipinski definition) is 3. The van der Waals surface area contributed by atoms with Gasteiger partial charge in [0.2, 0.25) is 5.88 Å². The zero-order chi connectivity index (χ0) is 13.3. The van der Waals surface area contributed by atoms with Crippen LogP contribution in [0.25, 0.3) is 10.8 Å². The van der Waals surface area contributed by atoms with Gasteiger partial charge in [0.1, 0.15) is 0 Å². The summed E-state index contributed by atoms with van der Waals surface area (Å²) in [7, 11) is 0. The van der Waals surface area contributed by atoms with Gasteiger partial charge in [0.05, 0.1) is 6.20 Å². The van der Waals surface area contributed by atoms with E-state index < -0.39 is 12.3 Å². The van der Waals surface area contributed by atoms with Crippen molar-refractivity contribution in [2.45, 2.75) is 19.2 Å². The maximum atomic E-state index is 12.4. The van der Waals surface area contributed by atoms with Gasteiger partial charge in [0, 0.05) is 15.8 Å². The van der Waals surface area contributed by atoms with Crippen LogP contribution in [0.3, 0.4) is 0 Å². The van der Waals surface area contributed by atoms with E-state index in [4.69, 9.17) is 16.3 Å². The molecule has 0 radical (unpaired) electrons. The number of aromatic nitrogens is 2. The molecule has 2 rings (SSSR count). The van der Waals surface area contributed by atoms with Crippen molar-refractivity contribution in [3.05, 3.63) is 29.4 Å². The first-order valence-electron chi connectivity index (χ1n) is 5.02. The third-order valence-corrected chi connectivity index (χ3v) is 2.57. The Morgan fingerprint density at radius 1 is 1.33 bits per heavy atom. The Labute approximate surface area is 106 Å². The van der Waals surface area contributed by atoms with Crippen molar-refractivity contribution < 1.29 is 17.9 Å². The van der Waals surface area contributed by atoms with Gasteiger partial charge in [-0.2, -0.15) is 18.3 Å². The fourth-order valence-corrected chi connectivity index (χ4v) is 1.53. The zero-order valence-electron chi connectivity index (χ0n) is 9.20. The van der Waals surface area contributed by atoms with E-state index in [2.05, 4.69) is 10.2 Å². The smallest absolute Gasteiger partial charge is 0.425 e. The van der Waals surface area contributed by atoms with Gasteiger partial charge in [-0.05, 0) is 25.1 Å². The van der Waals surface area contributed by atoms with E-state index in [9.17, 15) is 13.2 Å². The molecule has 0 saturated heterocycles. The van der Waals surface area contributed by atoms with Gasteiger partial charge in [-0.3, -0.25) is 0 Å². The third-order valence-electron chi connectivity index (χ3n) is 2.34. The van der Waals surface area contributed by atoms with Crippen LogP contribution in [0.1, 0.15) is 6.92 Å². The Hall–Kier alpha value is -1.56. The van der Waals surface area contributed by atoms with Crippen LogP contribution in [0.5, 0.6) is 5.88 Å². The predicted molar refractivity (Wildman–Crippen MR) is 60.7 cm³/mol. The number of nitrogens with zero attached hydrogens (tertiary/aromatic N) is 2. The van der Waals surface area contributed by atoms with Crippen LogP contribution < -0.4 is 4.74 Å². The minimum atomic E-state index is -4.45. The van der Waals surface area contributed by atoms with Crippen LogP contribution >= 0.6 is 11.6 Å². The average molecular weight is 277 g/mol. The minimum absolute atomic E-state index is 0.158. The maximum absolute atomic E-state index is 12.4. The molecule has 1 heterocycles. The molecule has 3 nitrogen and oxygen atoms in total. The monoisotopic (exact) mass is 276 g/mol. The van der Waals surface area contributed by atoms with Gasteiger partial charge in [0.25, 0.3) is 0 Å². The molecule has 0 bridgehead atoms. The number of hydrogen-bond donors (Lipinski definition) is 0. The van der Waals surface area contributed by atoms with Gasteiger partial charge in [-0.1, -0.05) is 11.6 Å². The van der Waals surface area contributed by atoms with E-state index in [0.29, 0.717) is 15.8 Å². The Morgan fingerprint density at radius 3 is 2.72 bits per heavy atom. The quantitative estimate of drug-likeness (QED) is 0.840. The van der Waals surface area contributed by atoms with Crippen molar-refractivity contribution in [2.75, 3.05) is 0 Å². The summed E-state index contributed by atoms with van der Waals surface area (Å²) in [5.74, 6) is -0.158. The molecule has 1 aromatic heterocycles. The lowest BCUT2D eigenvalue weighted by Crippen LogP contribution is -2.31. The fraction of sp³-hybridized carbons (Fsp3) is 0.273. The van der Waals surface area contributed by atoms with Gasteiger partial charge < -0.3 is 4.74 Å². The molecule has 0 amide bonds. The molecule has 0 fully saturated rings. The van der Waals surface area contributed by atoms with Gasteiger partial charge >= 0.3 is 6.18 Å². The maximum Gasteiger partial charge on any atom is 0.425 e. The predicted octanol–water partition coefficient (Wildman–Crippen LogP) is 3.61. The van der Waals surface area contributed by atoms with Crippen molar-refractivity contribution in [3.63, 3.8) is 0 Å². The Bertz CT molecular complexity index is 574. The van der Waals surface area contributed by atoms with Crippen LogP contribution in [0, 0.1) is 0 Å². The van der Waals surface area contributed by atoms with E-state index in [1.165, 1.54) is 6.20 Å². The van der Waals surface area contributed by atoms with E-state index in [-0.39, 0.29) is 5.88 Å². The van der Waals surface area contributed by atoms with Crippen LogP contribution in [-0.2, 0) is 0 Å². The molecule has 0 aliphatic carbocycles. The zero-order valence-corrected chi connectivity index (χ0v) is 9.96. The van der Waals surface area contributed by atoms with Gasteiger partial charge in [-0.15, -0.1) is 5.10 Å². The van der Waals surface area contributed by atoms with Gasteiger partial charge in [-0.25, -0.2) is 0 Å². The SMILES string of the molecule is C[C@H](Oc1nncc2cc(Cl)ccc12)C(F)(F)F.